The molecule has 0 spiro atoms. The highest BCUT2D eigenvalue weighted by atomic mass is 16.3. The number of aromatic nitrogens is 3. The second-order valence-electron chi connectivity index (χ2n) is 13.0. The molecule has 0 unspecified atom stereocenters. The second kappa shape index (κ2) is 9.51. The number of hydrogen-bond acceptors (Lipinski definition) is 3. The number of benzene rings is 6. The van der Waals surface area contributed by atoms with Crippen LogP contribution in [0.3, 0.4) is 0 Å². The summed E-state index contributed by atoms with van der Waals surface area (Å²) in [6, 6.07) is 49.2. The van der Waals surface area contributed by atoms with E-state index < -0.39 is 0 Å². The zero-order chi connectivity index (χ0) is 31.3. The average Bonchev–Trinajstić information content (AvgIpc) is 3.74. The van der Waals surface area contributed by atoms with Gasteiger partial charge in [-0.1, -0.05) is 123 Å². The zero-order valence-corrected chi connectivity index (χ0v) is 26.0. The molecule has 0 bridgehead atoms. The summed E-state index contributed by atoms with van der Waals surface area (Å²) in [5.41, 5.74) is 13.7. The molecule has 0 fully saturated rings. The molecule has 3 aromatic heterocycles. The fraction of sp³-hybridized carbons (Fsp3) is 0.0698. The predicted octanol–water partition coefficient (Wildman–Crippen LogP) is 11.1. The predicted molar refractivity (Wildman–Crippen MR) is 192 cm³/mol. The molecule has 4 heteroatoms. The van der Waals surface area contributed by atoms with Crippen LogP contribution in [0.25, 0.3) is 83.3 Å². The molecule has 1 aliphatic rings. The molecular weight excluding hydrogens is 574 g/mol. The third-order valence-corrected chi connectivity index (χ3v) is 10.0. The van der Waals surface area contributed by atoms with E-state index in [1.54, 1.807) is 0 Å². The van der Waals surface area contributed by atoms with Gasteiger partial charge >= 0.3 is 0 Å². The van der Waals surface area contributed by atoms with Crippen LogP contribution in [0.15, 0.2) is 144 Å². The van der Waals surface area contributed by atoms with Crippen molar-refractivity contribution in [2.24, 2.45) is 0 Å². The molecule has 10 rings (SSSR count). The van der Waals surface area contributed by atoms with Crippen molar-refractivity contribution < 1.29 is 4.42 Å². The summed E-state index contributed by atoms with van der Waals surface area (Å²) in [7, 11) is 0. The van der Waals surface area contributed by atoms with Crippen LogP contribution in [-0.4, -0.2) is 14.5 Å². The fourth-order valence-electron chi connectivity index (χ4n) is 7.85. The van der Waals surface area contributed by atoms with E-state index in [1.807, 2.05) is 36.4 Å². The minimum Gasteiger partial charge on any atom is -0.452 e. The van der Waals surface area contributed by atoms with Crippen molar-refractivity contribution in [2.75, 3.05) is 0 Å². The van der Waals surface area contributed by atoms with Gasteiger partial charge in [-0.3, -0.25) is 0 Å². The minimum atomic E-state index is -0.109. The van der Waals surface area contributed by atoms with Crippen molar-refractivity contribution in [3.05, 3.63) is 151 Å². The number of nitrogens with zero attached hydrogens (tertiary/aromatic N) is 3. The lowest BCUT2D eigenvalue weighted by atomic mass is 9.82. The Hall–Kier alpha value is -6.00. The molecule has 0 amide bonds. The number of rotatable bonds is 3. The van der Waals surface area contributed by atoms with Gasteiger partial charge in [0.1, 0.15) is 16.8 Å². The number of fused-ring (bicyclic) bond motifs is 10. The quantitative estimate of drug-likeness (QED) is 0.202. The Morgan fingerprint density at radius 3 is 2.15 bits per heavy atom. The normalized spacial score (nSPS) is 13.5. The number of para-hydroxylation sites is 3. The monoisotopic (exact) mass is 603 g/mol. The highest BCUT2D eigenvalue weighted by Gasteiger charge is 2.37. The minimum absolute atomic E-state index is 0.109. The Morgan fingerprint density at radius 2 is 1.28 bits per heavy atom. The van der Waals surface area contributed by atoms with Gasteiger partial charge in [0, 0.05) is 38.3 Å². The molecule has 0 radical (unpaired) electrons. The second-order valence-corrected chi connectivity index (χ2v) is 13.0. The fourth-order valence-corrected chi connectivity index (χ4v) is 7.85. The molecule has 3 heterocycles. The van der Waals surface area contributed by atoms with Gasteiger partial charge in [0.2, 0.25) is 0 Å². The van der Waals surface area contributed by atoms with Crippen LogP contribution in [0, 0.1) is 0 Å². The van der Waals surface area contributed by atoms with Gasteiger partial charge in [-0.2, -0.15) is 0 Å². The Bertz CT molecular complexity index is 2710. The van der Waals surface area contributed by atoms with Crippen LogP contribution in [0.5, 0.6) is 0 Å². The highest BCUT2D eigenvalue weighted by molar-refractivity contribution is 6.16. The van der Waals surface area contributed by atoms with Crippen molar-refractivity contribution in [3.8, 4) is 39.5 Å². The Balaban J connectivity index is 1.33. The van der Waals surface area contributed by atoms with Crippen LogP contribution in [0.2, 0.25) is 0 Å². The molecule has 0 atom stereocenters. The standard InChI is InChI=1S/C43H29N3O/c1-43(2)32-20-10-6-17-29(32)37-33(43)25-24-28-27-16-7-11-21-34(27)46(40(28)37)35-22-12-8-18-30(35)42-44-38(26-14-4-3-5-15-26)41-39(45-42)31-19-9-13-23-36(31)47-41/h3-25H,1-2H3. The lowest BCUT2D eigenvalue weighted by Gasteiger charge is -2.21. The first kappa shape index (κ1) is 26.2. The van der Waals surface area contributed by atoms with Gasteiger partial charge in [-0.15, -0.1) is 0 Å². The molecule has 47 heavy (non-hydrogen) atoms. The van der Waals surface area contributed by atoms with Crippen LogP contribution in [-0.2, 0) is 5.41 Å². The van der Waals surface area contributed by atoms with E-state index in [2.05, 4.69) is 122 Å². The molecule has 222 valence electrons. The van der Waals surface area contributed by atoms with Crippen LogP contribution >= 0.6 is 0 Å². The van der Waals surface area contributed by atoms with Crippen LogP contribution in [0.4, 0.5) is 0 Å². The van der Waals surface area contributed by atoms with Gasteiger partial charge in [-0.05, 0) is 47.0 Å². The van der Waals surface area contributed by atoms with Crippen molar-refractivity contribution in [1.29, 1.82) is 0 Å². The Morgan fingerprint density at radius 1 is 0.574 bits per heavy atom. The van der Waals surface area contributed by atoms with E-state index in [1.165, 1.54) is 38.5 Å². The lowest BCUT2D eigenvalue weighted by molar-refractivity contribution is 0.661. The number of hydrogen-bond donors (Lipinski definition) is 0. The number of furan rings is 1. The Labute approximate surface area is 271 Å². The summed E-state index contributed by atoms with van der Waals surface area (Å²) in [6.45, 7) is 4.68. The molecule has 6 aromatic carbocycles. The van der Waals surface area contributed by atoms with Gasteiger partial charge in [0.15, 0.2) is 11.4 Å². The van der Waals surface area contributed by atoms with Gasteiger partial charge in [0.25, 0.3) is 0 Å². The SMILES string of the molecule is CC1(C)c2ccccc2-c2c1ccc1c3ccccc3n(-c3ccccc3-c3nc(-c4ccccc4)c4oc5ccccc5c4n3)c21. The molecule has 0 saturated carbocycles. The summed E-state index contributed by atoms with van der Waals surface area (Å²) >= 11 is 0. The van der Waals surface area contributed by atoms with E-state index in [9.17, 15) is 0 Å². The maximum atomic E-state index is 6.42. The van der Waals surface area contributed by atoms with Crippen molar-refractivity contribution in [1.82, 2.24) is 14.5 Å². The topological polar surface area (TPSA) is 43.9 Å². The summed E-state index contributed by atoms with van der Waals surface area (Å²) in [4.78, 5) is 10.5. The highest BCUT2D eigenvalue weighted by Crippen LogP contribution is 2.53. The summed E-state index contributed by atoms with van der Waals surface area (Å²) in [6.07, 6.45) is 0. The molecule has 1 aliphatic carbocycles. The summed E-state index contributed by atoms with van der Waals surface area (Å²) in [5.74, 6) is 0.665. The van der Waals surface area contributed by atoms with E-state index in [0.717, 1.165) is 44.5 Å². The largest absolute Gasteiger partial charge is 0.452 e. The maximum Gasteiger partial charge on any atom is 0.180 e. The summed E-state index contributed by atoms with van der Waals surface area (Å²) in [5, 5.41) is 3.45. The molecular formula is C43H29N3O. The van der Waals surface area contributed by atoms with Crippen LogP contribution in [0.1, 0.15) is 25.0 Å². The van der Waals surface area contributed by atoms with Crippen molar-refractivity contribution in [2.45, 2.75) is 19.3 Å². The zero-order valence-electron chi connectivity index (χ0n) is 26.0. The maximum absolute atomic E-state index is 6.42. The molecule has 9 aromatic rings. The summed E-state index contributed by atoms with van der Waals surface area (Å²) < 4.78 is 8.86. The third kappa shape index (κ3) is 3.58. The smallest absolute Gasteiger partial charge is 0.180 e. The third-order valence-electron chi connectivity index (χ3n) is 10.0. The van der Waals surface area contributed by atoms with E-state index in [-0.39, 0.29) is 5.41 Å². The van der Waals surface area contributed by atoms with E-state index >= 15 is 0 Å². The van der Waals surface area contributed by atoms with Crippen molar-refractivity contribution >= 4 is 43.9 Å². The first-order valence-corrected chi connectivity index (χ1v) is 16.1. The van der Waals surface area contributed by atoms with E-state index in [4.69, 9.17) is 14.4 Å². The average molecular weight is 604 g/mol. The Kier molecular flexibility index (Phi) is 5.31. The molecule has 0 aliphatic heterocycles. The first-order chi connectivity index (χ1) is 23.1. The van der Waals surface area contributed by atoms with Gasteiger partial charge in [0.05, 0.1) is 16.7 Å². The lowest BCUT2D eigenvalue weighted by Crippen LogP contribution is -2.14. The van der Waals surface area contributed by atoms with Gasteiger partial charge in [-0.25, -0.2) is 9.97 Å². The molecule has 0 saturated heterocycles. The van der Waals surface area contributed by atoms with E-state index in [0.29, 0.717) is 11.4 Å². The van der Waals surface area contributed by atoms with Crippen LogP contribution < -0.4 is 0 Å². The molecule has 0 N–H and O–H groups in total. The first-order valence-electron chi connectivity index (χ1n) is 16.1. The molecule has 4 nitrogen and oxygen atoms in total. The van der Waals surface area contributed by atoms with Gasteiger partial charge < -0.3 is 8.98 Å². The van der Waals surface area contributed by atoms with Crippen molar-refractivity contribution in [3.63, 3.8) is 0 Å².